The number of ether oxygens (including phenoxy) is 2. The molecule has 2 unspecified atom stereocenters. The third kappa shape index (κ3) is 10.6. The normalized spacial score (nSPS) is 22.0. The number of aliphatic hydroxyl groups is 2. The Balaban J connectivity index is 0.00000294. The second-order valence-corrected chi connectivity index (χ2v) is 11.2. The Morgan fingerprint density at radius 1 is 0.976 bits per heavy atom. The van der Waals surface area contributed by atoms with Gasteiger partial charge in [-0.2, -0.15) is 4.98 Å². The van der Waals surface area contributed by atoms with Gasteiger partial charge in [0.15, 0.2) is 6.23 Å². The van der Waals surface area contributed by atoms with E-state index in [9.17, 15) is 38.8 Å². The maximum atomic E-state index is 12.5. The molecule has 1 saturated heterocycles. The molecule has 0 amide bonds. The van der Waals surface area contributed by atoms with Crippen LogP contribution in [0.3, 0.4) is 0 Å². The van der Waals surface area contributed by atoms with Gasteiger partial charge in [-0.3, -0.25) is 9.13 Å². The molecule has 15 nitrogen and oxygen atoms in total. The Kier molecular flexibility index (Phi) is 16.3. The van der Waals surface area contributed by atoms with E-state index in [1.807, 2.05) is 0 Å². The van der Waals surface area contributed by atoms with Gasteiger partial charge in [0.1, 0.15) is 41.5 Å². The predicted octanol–water partition coefficient (Wildman–Crippen LogP) is -9.64. The van der Waals surface area contributed by atoms with Crippen LogP contribution >= 0.6 is 15.4 Å². The number of anilines is 1. The number of phosphoric ester groups is 1. The number of nitrogens with zero attached hydrogens (tertiary/aromatic N) is 2. The molecule has 0 saturated carbocycles. The first-order valence-electron chi connectivity index (χ1n) is 11.2. The molecule has 3 aromatic rings. The van der Waals surface area contributed by atoms with Gasteiger partial charge in [0.05, 0.1) is 6.61 Å². The van der Waals surface area contributed by atoms with Gasteiger partial charge in [0.2, 0.25) is 0 Å². The minimum absolute atomic E-state index is 0. The average molecular weight is 651 g/mol. The van der Waals surface area contributed by atoms with Crippen LogP contribution in [-0.4, -0.2) is 44.7 Å². The van der Waals surface area contributed by atoms with E-state index in [1.165, 1.54) is 18.2 Å². The van der Waals surface area contributed by atoms with Crippen molar-refractivity contribution in [2.45, 2.75) is 30.4 Å². The molecule has 2 aromatic carbocycles. The molecule has 4 rings (SSSR count). The topological polar surface area (TPSA) is 242 Å². The summed E-state index contributed by atoms with van der Waals surface area (Å²) in [6.45, 7) is -0.960. The fourth-order valence-corrected chi connectivity index (χ4v) is 5.78. The maximum Gasteiger partial charge on any atom is 1.00 e. The van der Waals surface area contributed by atoms with Gasteiger partial charge in [-0.25, -0.2) is 4.79 Å². The van der Waals surface area contributed by atoms with Crippen LogP contribution in [0.1, 0.15) is 17.6 Å². The van der Waals surface area contributed by atoms with Crippen LogP contribution in [0.4, 0.5) is 5.82 Å². The van der Waals surface area contributed by atoms with E-state index in [2.05, 4.69) is 14.0 Å². The van der Waals surface area contributed by atoms with E-state index >= 15 is 0 Å². The first kappa shape index (κ1) is 40.1. The minimum atomic E-state index is -5.73. The zero-order valence-electron chi connectivity index (χ0n) is 22.8. The summed E-state index contributed by atoms with van der Waals surface area (Å²) in [5.74, 6) is -2.12. The van der Waals surface area contributed by atoms with E-state index in [1.54, 1.807) is 30.3 Å². The number of aromatic nitrogens is 2. The van der Waals surface area contributed by atoms with Crippen molar-refractivity contribution >= 4 is 21.2 Å². The number of para-hydroxylation sites is 1. The summed E-state index contributed by atoms with van der Waals surface area (Å²) in [5.41, 5.74) is 4.16. The molecular formula is C22H22N3Na3O12P2. The fraction of sp³-hybridized carbons (Fsp3) is 0.273. The SMILES string of the molecule is Nc1ccn([C@@H]2O[C@H](COP(=O)([O-])OC(c3cccc(Oc4ccccc4)c3)P(=O)([O-])[O-])[C@@H](O)[C@H]2O)c(=O)n1.[Na+].[Na+].[Na+]. The molecule has 0 spiro atoms. The molecule has 0 aliphatic carbocycles. The fourth-order valence-electron chi connectivity index (χ4n) is 3.69. The number of benzene rings is 2. The van der Waals surface area contributed by atoms with Crippen molar-refractivity contribution in [3.8, 4) is 11.5 Å². The second-order valence-electron chi connectivity index (χ2n) is 8.32. The van der Waals surface area contributed by atoms with Gasteiger partial charge >= 0.3 is 94.4 Å². The van der Waals surface area contributed by atoms with Crippen LogP contribution in [0.5, 0.6) is 11.5 Å². The van der Waals surface area contributed by atoms with Crippen LogP contribution in [0.15, 0.2) is 71.7 Å². The van der Waals surface area contributed by atoms with E-state index < -0.39 is 58.1 Å². The first-order chi connectivity index (χ1) is 18.3. The van der Waals surface area contributed by atoms with Crippen LogP contribution in [-0.2, 0) is 22.9 Å². The van der Waals surface area contributed by atoms with Crippen LogP contribution in [0, 0.1) is 0 Å². The monoisotopic (exact) mass is 651 g/mol. The standard InChI is InChI=1S/C22H25N3O12P2.3Na/c23-17-9-10-25(22(28)24-17)20-19(27)18(26)16(36-20)12-34-39(32,33)37-21(38(29,30)31)13-5-4-8-15(11-13)35-14-6-2-1-3-7-14;;;/h1-11,16,18-21,26-27H,12H2,(H,32,33)(H2,23,24,28)(H2,29,30,31);;;/q;3*+1/p-3/t16-,18-,19-,20-,21?;;;/m1.../s1. The van der Waals surface area contributed by atoms with Gasteiger partial charge in [0, 0.05) is 6.20 Å². The molecule has 6 atom stereocenters. The number of hydrogen-bond acceptors (Lipinski definition) is 14. The number of nitrogen functional groups attached to an aromatic ring is 1. The summed E-state index contributed by atoms with van der Waals surface area (Å²) in [6.07, 6.45) is -5.25. The van der Waals surface area contributed by atoms with E-state index in [4.69, 9.17) is 15.2 Å². The predicted molar refractivity (Wildman–Crippen MR) is 127 cm³/mol. The zero-order chi connectivity index (χ0) is 28.4. The van der Waals surface area contributed by atoms with Crippen molar-refractivity contribution in [2.24, 2.45) is 0 Å². The summed E-state index contributed by atoms with van der Waals surface area (Å²) >= 11 is 0. The third-order valence-electron chi connectivity index (χ3n) is 5.50. The maximum absolute atomic E-state index is 12.5. The van der Waals surface area contributed by atoms with E-state index in [-0.39, 0.29) is 106 Å². The zero-order valence-corrected chi connectivity index (χ0v) is 30.6. The Hall–Kier alpha value is 0.0600. The summed E-state index contributed by atoms with van der Waals surface area (Å²) < 4.78 is 45.5. The third-order valence-corrected chi connectivity index (χ3v) is 7.58. The molecule has 1 aromatic heterocycles. The van der Waals surface area contributed by atoms with Crippen molar-refractivity contribution in [3.05, 3.63) is 82.9 Å². The number of hydrogen-bond donors (Lipinski definition) is 3. The molecule has 1 aliphatic rings. The number of phosphoric acid groups is 1. The Morgan fingerprint density at radius 2 is 1.62 bits per heavy atom. The molecule has 2 heterocycles. The number of rotatable bonds is 10. The van der Waals surface area contributed by atoms with Crippen LogP contribution < -0.4 is 120 Å². The van der Waals surface area contributed by atoms with E-state index in [0.717, 1.165) is 22.9 Å². The summed E-state index contributed by atoms with van der Waals surface area (Å²) in [5, 5.41) is 20.5. The number of aliphatic hydroxyl groups excluding tert-OH is 2. The molecule has 1 fully saturated rings. The average Bonchev–Trinajstić information content (AvgIpc) is 3.15. The Morgan fingerprint density at radius 3 is 2.24 bits per heavy atom. The smallest absolute Gasteiger partial charge is 0.809 e. The molecule has 42 heavy (non-hydrogen) atoms. The Bertz CT molecular complexity index is 1470. The van der Waals surface area contributed by atoms with Gasteiger partial charge in [0.25, 0.3) is 7.82 Å². The molecule has 0 radical (unpaired) electrons. The largest absolute Gasteiger partial charge is 1.00 e. The minimum Gasteiger partial charge on any atom is -0.809 e. The van der Waals surface area contributed by atoms with Crippen molar-refractivity contribution < 1.29 is 141 Å². The van der Waals surface area contributed by atoms with Crippen LogP contribution in [0.25, 0.3) is 0 Å². The van der Waals surface area contributed by atoms with Crippen molar-refractivity contribution in [3.63, 3.8) is 0 Å². The van der Waals surface area contributed by atoms with Crippen LogP contribution in [0.2, 0.25) is 0 Å². The van der Waals surface area contributed by atoms with Crippen molar-refractivity contribution in [1.29, 1.82) is 0 Å². The quantitative estimate of drug-likeness (QED) is 0.136. The number of nitrogens with two attached hydrogens (primary N) is 1. The second kappa shape index (κ2) is 17.1. The van der Waals surface area contributed by atoms with Gasteiger partial charge in [-0.05, 0) is 43.5 Å². The molecular weight excluding hydrogens is 629 g/mol. The Labute approximate surface area is 306 Å². The van der Waals surface area contributed by atoms with Gasteiger partial charge < -0.3 is 53.7 Å². The molecule has 4 N–H and O–H groups in total. The van der Waals surface area contributed by atoms with Crippen molar-refractivity contribution in [2.75, 3.05) is 12.3 Å². The summed E-state index contributed by atoms with van der Waals surface area (Å²) in [7, 11) is -11.3. The molecule has 210 valence electrons. The van der Waals surface area contributed by atoms with Gasteiger partial charge in [-0.15, -0.1) is 0 Å². The van der Waals surface area contributed by atoms with E-state index in [0.29, 0.717) is 5.75 Å². The first-order valence-corrected chi connectivity index (χ1v) is 14.3. The summed E-state index contributed by atoms with van der Waals surface area (Å²) in [6, 6.07) is 14.6. The molecule has 20 heteroatoms. The van der Waals surface area contributed by atoms with Gasteiger partial charge in [-0.1, -0.05) is 30.3 Å². The van der Waals surface area contributed by atoms with Crippen molar-refractivity contribution in [1.82, 2.24) is 9.55 Å². The molecule has 0 bridgehead atoms. The summed E-state index contributed by atoms with van der Waals surface area (Å²) in [4.78, 5) is 51.9. The molecule has 1 aliphatic heterocycles.